The first-order chi connectivity index (χ1) is 12.7. The molecule has 0 radical (unpaired) electrons. The number of rotatable bonds is 4. The van der Waals surface area contributed by atoms with E-state index in [1.807, 2.05) is 30.3 Å². The van der Waals surface area contributed by atoms with Crippen LogP contribution in [0.2, 0.25) is 0 Å². The molecule has 0 spiro atoms. The third-order valence-corrected chi connectivity index (χ3v) is 3.91. The van der Waals surface area contributed by atoms with Crippen LogP contribution in [0.1, 0.15) is 5.56 Å². The topological polar surface area (TPSA) is 85.5 Å². The summed E-state index contributed by atoms with van der Waals surface area (Å²) in [6.07, 6.45) is 3.11. The molecule has 0 unspecified atom stereocenters. The molecule has 7 nitrogen and oxygen atoms in total. The molecular formula is C19H17N3O4. The van der Waals surface area contributed by atoms with E-state index in [2.05, 4.69) is 15.3 Å². The Morgan fingerprint density at radius 3 is 2.96 bits per heavy atom. The summed E-state index contributed by atoms with van der Waals surface area (Å²) >= 11 is 0. The van der Waals surface area contributed by atoms with Gasteiger partial charge in [0.25, 0.3) is 5.91 Å². The van der Waals surface area contributed by atoms with Crippen LogP contribution in [0.15, 0.2) is 42.5 Å². The van der Waals surface area contributed by atoms with Crippen LogP contribution >= 0.6 is 0 Å². The number of carbonyl (C=O) groups is 1. The van der Waals surface area contributed by atoms with Gasteiger partial charge in [0.1, 0.15) is 13.2 Å². The van der Waals surface area contributed by atoms with Gasteiger partial charge in [0, 0.05) is 6.08 Å². The van der Waals surface area contributed by atoms with Crippen molar-refractivity contribution < 1.29 is 19.0 Å². The van der Waals surface area contributed by atoms with Crippen LogP contribution in [0.25, 0.3) is 17.1 Å². The minimum Gasteiger partial charge on any atom is -0.493 e. The number of nitrogens with zero attached hydrogens (tertiary/aromatic N) is 1. The van der Waals surface area contributed by atoms with Gasteiger partial charge in [0.05, 0.1) is 18.1 Å². The Kier molecular flexibility index (Phi) is 4.18. The highest BCUT2D eigenvalue weighted by molar-refractivity contribution is 6.01. The van der Waals surface area contributed by atoms with Crippen molar-refractivity contribution >= 4 is 29.0 Å². The molecule has 3 aromatic rings. The number of ether oxygens (including phenoxy) is 3. The number of aromatic nitrogens is 2. The molecular weight excluding hydrogens is 334 g/mol. The van der Waals surface area contributed by atoms with Crippen LogP contribution in [-0.2, 0) is 4.79 Å². The zero-order chi connectivity index (χ0) is 17.9. The summed E-state index contributed by atoms with van der Waals surface area (Å²) in [7, 11) is 1.56. The predicted molar refractivity (Wildman–Crippen MR) is 97.7 cm³/mol. The molecule has 2 aromatic carbocycles. The molecule has 1 aromatic heterocycles. The smallest absolute Gasteiger partial charge is 0.250 e. The maximum Gasteiger partial charge on any atom is 0.250 e. The lowest BCUT2D eigenvalue weighted by Gasteiger charge is -2.20. The highest BCUT2D eigenvalue weighted by atomic mass is 16.6. The molecule has 4 rings (SSSR count). The maximum absolute atomic E-state index is 12.2. The minimum absolute atomic E-state index is 0.294. The van der Waals surface area contributed by atoms with Crippen molar-refractivity contribution in [3.05, 3.63) is 48.0 Å². The molecule has 0 fully saturated rings. The first kappa shape index (κ1) is 16.0. The number of nitrogens with one attached hydrogen (secondary N) is 2. The molecule has 2 N–H and O–H groups in total. The van der Waals surface area contributed by atoms with E-state index >= 15 is 0 Å². The summed E-state index contributed by atoms with van der Waals surface area (Å²) in [5.41, 5.74) is 2.43. The zero-order valence-electron chi connectivity index (χ0n) is 14.1. The molecule has 0 aliphatic carbocycles. The quantitative estimate of drug-likeness (QED) is 0.706. The highest BCUT2D eigenvalue weighted by Gasteiger charge is 2.17. The van der Waals surface area contributed by atoms with Crippen LogP contribution in [0.3, 0.4) is 0 Å². The van der Waals surface area contributed by atoms with Crippen molar-refractivity contribution in [1.82, 2.24) is 9.97 Å². The Balaban J connectivity index is 1.51. The number of H-pyrrole nitrogens is 1. The molecule has 0 saturated carbocycles. The van der Waals surface area contributed by atoms with Crippen molar-refractivity contribution in [2.45, 2.75) is 0 Å². The molecule has 0 bridgehead atoms. The van der Waals surface area contributed by atoms with E-state index in [-0.39, 0.29) is 5.91 Å². The van der Waals surface area contributed by atoms with Gasteiger partial charge in [-0.25, -0.2) is 4.98 Å². The van der Waals surface area contributed by atoms with Gasteiger partial charge in [-0.05, 0) is 35.9 Å². The number of imidazole rings is 1. The number of hydrogen-bond donors (Lipinski definition) is 2. The number of benzene rings is 2. The lowest BCUT2D eigenvalue weighted by molar-refractivity contribution is -0.111. The lowest BCUT2D eigenvalue weighted by atomic mass is 10.1. The summed E-state index contributed by atoms with van der Waals surface area (Å²) in [4.78, 5) is 19.5. The third kappa shape index (κ3) is 3.19. The molecule has 1 amide bonds. The van der Waals surface area contributed by atoms with Crippen molar-refractivity contribution in [3.8, 4) is 17.2 Å². The fourth-order valence-electron chi connectivity index (χ4n) is 2.73. The zero-order valence-corrected chi connectivity index (χ0v) is 14.1. The number of fused-ring (bicyclic) bond motifs is 2. The Morgan fingerprint density at radius 1 is 1.27 bits per heavy atom. The molecule has 0 saturated heterocycles. The summed E-state index contributed by atoms with van der Waals surface area (Å²) in [5.74, 6) is 1.87. The largest absolute Gasteiger partial charge is 0.493 e. The van der Waals surface area contributed by atoms with E-state index in [0.29, 0.717) is 36.4 Å². The number of anilines is 1. The standard InChI is InChI=1S/C19H17N3O4/c1-24-15-10-12(11-16-18(15)26-9-8-25-16)6-7-17(23)22-19-20-13-4-2-3-5-14(13)21-19/h2-7,10-11H,8-9H2,1H3,(H2,20,21,22,23)/b7-6+. The van der Waals surface area contributed by atoms with Crippen LogP contribution in [-0.4, -0.2) is 36.2 Å². The van der Waals surface area contributed by atoms with E-state index in [0.717, 1.165) is 16.6 Å². The fourth-order valence-corrected chi connectivity index (χ4v) is 2.73. The number of amides is 1. The van der Waals surface area contributed by atoms with Gasteiger partial charge in [-0.1, -0.05) is 12.1 Å². The van der Waals surface area contributed by atoms with Gasteiger partial charge >= 0.3 is 0 Å². The molecule has 2 heterocycles. The van der Waals surface area contributed by atoms with Crippen LogP contribution in [0.4, 0.5) is 5.95 Å². The monoisotopic (exact) mass is 351 g/mol. The second-order valence-corrected chi connectivity index (χ2v) is 5.67. The SMILES string of the molecule is COc1cc(/C=C/C(=O)Nc2nc3ccccc3[nH]2)cc2c1OCCO2. The van der Waals surface area contributed by atoms with Crippen molar-refractivity contribution in [1.29, 1.82) is 0 Å². The van der Waals surface area contributed by atoms with Gasteiger partial charge in [0.2, 0.25) is 11.7 Å². The number of para-hydroxylation sites is 2. The summed E-state index contributed by atoms with van der Waals surface area (Å²) < 4.78 is 16.5. The van der Waals surface area contributed by atoms with E-state index < -0.39 is 0 Å². The molecule has 1 aliphatic heterocycles. The Bertz CT molecular complexity index is 943. The Labute approximate surface area is 149 Å². The Morgan fingerprint density at radius 2 is 2.12 bits per heavy atom. The first-order valence-corrected chi connectivity index (χ1v) is 8.14. The molecule has 7 heteroatoms. The molecule has 132 valence electrons. The van der Waals surface area contributed by atoms with Gasteiger partial charge in [-0.3, -0.25) is 10.1 Å². The van der Waals surface area contributed by atoms with Crippen molar-refractivity contribution in [2.75, 3.05) is 25.6 Å². The van der Waals surface area contributed by atoms with E-state index in [4.69, 9.17) is 14.2 Å². The summed E-state index contributed by atoms with van der Waals surface area (Å²) in [6.45, 7) is 0.967. The average Bonchev–Trinajstić information content (AvgIpc) is 3.07. The second kappa shape index (κ2) is 6.79. The number of hydrogen-bond acceptors (Lipinski definition) is 5. The van der Waals surface area contributed by atoms with Crippen LogP contribution in [0, 0.1) is 0 Å². The number of carbonyl (C=O) groups excluding carboxylic acids is 1. The molecule has 0 atom stereocenters. The fraction of sp³-hybridized carbons (Fsp3) is 0.158. The van der Waals surface area contributed by atoms with E-state index in [9.17, 15) is 4.79 Å². The number of methoxy groups -OCH3 is 1. The maximum atomic E-state index is 12.2. The normalized spacial score (nSPS) is 13.1. The minimum atomic E-state index is -0.294. The van der Waals surface area contributed by atoms with Gasteiger partial charge in [-0.15, -0.1) is 0 Å². The van der Waals surface area contributed by atoms with Gasteiger partial charge in [0.15, 0.2) is 11.5 Å². The van der Waals surface area contributed by atoms with Crippen LogP contribution < -0.4 is 19.5 Å². The molecule has 1 aliphatic rings. The molecule has 26 heavy (non-hydrogen) atoms. The summed E-state index contributed by atoms with van der Waals surface area (Å²) in [5, 5.41) is 2.71. The van der Waals surface area contributed by atoms with Crippen molar-refractivity contribution in [2.24, 2.45) is 0 Å². The van der Waals surface area contributed by atoms with E-state index in [1.165, 1.54) is 6.08 Å². The summed E-state index contributed by atoms with van der Waals surface area (Å²) in [6, 6.07) is 11.2. The third-order valence-electron chi connectivity index (χ3n) is 3.91. The highest BCUT2D eigenvalue weighted by Crippen LogP contribution is 2.40. The van der Waals surface area contributed by atoms with Crippen molar-refractivity contribution in [3.63, 3.8) is 0 Å². The van der Waals surface area contributed by atoms with Crippen LogP contribution in [0.5, 0.6) is 17.2 Å². The lowest BCUT2D eigenvalue weighted by Crippen LogP contribution is -2.16. The second-order valence-electron chi connectivity index (χ2n) is 5.67. The van der Waals surface area contributed by atoms with Gasteiger partial charge < -0.3 is 19.2 Å². The van der Waals surface area contributed by atoms with E-state index in [1.54, 1.807) is 19.3 Å². The van der Waals surface area contributed by atoms with Gasteiger partial charge in [-0.2, -0.15) is 0 Å². The average molecular weight is 351 g/mol. The Hall–Kier alpha value is -3.48. The number of aromatic amines is 1. The first-order valence-electron chi connectivity index (χ1n) is 8.14. The predicted octanol–water partition coefficient (Wildman–Crippen LogP) is 2.99.